The first kappa shape index (κ1) is 12.1. The summed E-state index contributed by atoms with van der Waals surface area (Å²) in [6, 6.07) is 3.70. The van der Waals surface area contributed by atoms with E-state index in [9.17, 15) is 8.78 Å². The predicted molar refractivity (Wildman–Crippen MR) is 57.4 cm³/mol. The van der Waals surface area contributed by atoms with E-state index in [2.05, 4.69) is 13.8 Å². The molecule has 1 nitrogen and oxygen atoms in total. The van der Waals surface area contributed by atoms with Gasteiger partial charge in [0.1, 0.15) is 11.6 Å². The molecule has 0 radical (unpaired) electrons. The summed E-state index contributed by atoms with van der Waals surface area (Å²) in [5.41, 5.74) is 6.15. The minimum Gasteiger partial charge on any atom is -0.330 e. The Bertz CT molecular complexity index is 323. The first-order valence-electron chi connectivity index (χ1n) is 5.18. The summed E-state index contributed by atoms with van der Waals surface area (Å²) in [4.78, 5) is 0. The molecule has 0 bridgehead atoms. The minimum absolute atomic E-state index is 0.241. The van der Waals surface area contributed by atoms with Crippen LogP contribution in [0.3, 0.4) is 0 Å². The van der Waals surface area contributed by atoms with Crippen molar-refractivity contribution in [3.05, 3.63) is 35.4 Å². The van der Waals surface area contributed by atoms with Crippen LogP contribution in [0.2, 0.25) is 0 Å². The highest BCUT2D eigenvalue weighted by atomic mass is 19.1. The van der Waals surface area contributed by atoms with Crippen LogP contribution in [0.4, 0.5) is 8.78 Å². The van der Waals surface area contributed by atoms with Crippen molar-refractivity contribution in [1.82, 2.24) is 0 Å². The molecule has 1 rings (SSSR count). The largest absolute Gasteiger partial charge is 0.330 e. The number of nitrogens with two attached hydrogens (primary N) is 1. The molecule has 0 aliphatic rings. The average molecular weight is 213 g/mol. The molecule has 1 unspecified atom stereocenters. The zero-order valence-electron chi connectivity index (χ0n) is 9.13. The van der Waals surface area contributed by atoms with E-state index in [0.717, 1.165) is 6.07 Å². The van der Waals surface area contributed by atoms with Crippen molar-refractivity contribution in [3.8, 4) is 0 Å². The van der Waals surface area contributed by atoms with Crippen molar-refractivity contribution < 1.29 is 8.78 Å². The van der Waals surface area contributed by atoms with Gasteiger partial charge < -0.3 is 5.73 Å². The number of halogens is 2. The molecule has 0 fully saturated rings. The summed E-state index contributed by atoms with van der Waals surface area (Å²) >= 11 is 0. The number of rotatable bonds is 4. The van der Waals surface area contributed by atoms with E-state index in [1.54, 1.807) is 0 Å². The summed E-state index contributed by atoms with van der Waals surface area (Å²) in [7, 11) is 0. The first-order valence-corrected chi connectivity index (χ1v) is 5.18. The van der Waals surface area contributed by atoms with E-state index in [-0.39, 0.29) is 5.92 Å². The molecule has 0 saturated carbocycles. The Balaban J connectivity index is 2.79. The Morgan fingerprint density at radius 1 is 1.27 bits per heavy atom. The van der Waals surface area contributed by atoms with Crippen molar-refractivity contribution in [1.29, 1.82) is 0 Å². The van der Waals surface area contributed by atoms with Crippen molar-refractivity contribution in [2.24, 2.45) is 17.6 Å². The second-order valence-corrected chi connectivity index (χ2v) is 4.18. The third-order valence-corrected chi connectivity index (χ3v) is 2.74. The van der Waals surface area contributed by atoms with Crippen LogP contribution in [-0.2, 0) is 6.42 Å². The molecular weight excluding hydrogens is 196 g/mol. The lowest BCUT2D eigenvalue weighted by molar-refractivity contribution is 0.386. The smallest absolute Gasteiger partial charge is 0.129 e. The van der Waals surface area contributed by atoms with Crippen LogP contribution in [-0.4, -0.2) is 6.54 Å². The summed E-state index contributed by atoms with van der Waals surface area (Å²) in [6.07, 6.45) is 0.570. The average Bonchev–Trinajstić information content (AvgIpc) is 2.16. The molecule has 0 amide bonds. The van der Waals surface area contributed by atoms with Gasteiger partial charge in [-0.1, -0.05) is 19.9 Å². The van der Waals surface area contributed by atoms with Gasteiger partial charge in [0.05, 0.1) is 0 Å². The minimum atomic E-state index is -0.537. The number of hydrogen-bond donors (Lipinski definition) is 1. The third-order valence-electron chi connectivity index (χ3n) is 2.74. The van der Waals surface area contributed by atoms with Crippen LogP contribution in [0.15, 0.2) is 18.2 Å². The maximum absolute atomic E-state index is 13.3. The van der Waals surface area contributed by atoms with E-state index in [0.29, 0.717) is 24.4 Å². The molecule has 84 valence electrons. The van der Waals surface area contributed by atoms with Crippen LogP contribution in [0.5, 0.6) is 0 Å². The van der Waals surface area contributed by atoms with Crippen LogP contribution in [0, 0.1) is 23.5 Å². The molecule has 0 aliphatic heterocycles. The van der Waals surface area contributed by atoms with Gasteiger partial charge in [-0.25, -0.2) is 8.78 Å². The van der Waals surface area contributed by atoms with Gasteiger partial charge in [0.15, 0.2) is 0 Å². The fourth-order valence-corrected chi connectivity index (χ4v) is 1.56. The van der Waals surface area contributed by atoms with E-state index in [4.69, 9.17) is 5.73 Å². The van der Waals surface area contributed by atoms with Gasteiger partial charge in [0.2, 0.25) is 0 Å². The van der Waals surface area contributed by atoms with E-state index in [1.807, 2.05) is 0 Å². The molecular formula is C12H17F2N. The molecule has 0 aliphatic carbocycles. The van der Waals surface area contributed by atoms with Crippen LogP contribution in [0.1, 0.15) is 19.4 Å². The molecule has 0 saturated heterocycles. The molecule has 15 heavy (non-hydrogen) atoms. The van der Waals surface area contributed by atoms with E-state index >= 15 is 0 Å². The zero-order chi connectivity index (χ0) is 11.4. The van der Waals surface area contributed by atoms with Gasteiger partial charge in [-0.3, -0.25) is 0 Å². The maximum atomic E-state index is 13.3. The maximum Gasteiger partial charge on any atom is 0.129 e. The zero-order valence-corrected chi connectivity index (χ0v) is 9.13. The molecule has 0 heterocycles. The Morgan fingerprint density at radius 3 is 2.40 bits per heavy atom. The van der Waals surface area contributed by atoms with Gasteiger partial charge >= 0.3 is 0 Å². The third kappa shape index (κ3) is 3.27. The molecule has 0 aromatic heterocycles. The molecule has 1 atom stereocenters. The molecule has 1 aromatic rings. The van der Waals surface area contributed by atoms with Gasteiger partial charge in [0.25, 0.3) is 0 Å². The van der Waals surface area contributed by atoms with Crippen LogP contribution >= 0.6 is 0 Å². The highest BCUT2D eigenvalue weighted by Gasteiger charge is 2.14. The second-order valence-electron chi connectivity index (χ2n) is 4.18. The van der Waals surface area contributed by atoms with E-state index in [1.165, 1.54) is 12.1 Å². The lowest BCUT2D eigenvalue weighted by Gasteiger charge is -2.18. The Morgan fingerprint density at radius 2 is 1.93 bits per heavy atom. The van der Waals surface area contributed by atoms with Crippen molar-refractivity contribution >= 4 is 0 Å². The van der Waals surface area contributed by atoms with Crippen molar-refractivity contribution in [2.45, 2.75) is 20.3 Å². The topological polar surface area (TPSA) is 26.0 Å². The number of hydrogen-bond acceptors (Lipinski definition) is 1. The van der Waals surface area contributed by atoms with Gasteiger partial charge in [-0.2, -0.15) is 0 Å². The summed E-state index contributed by atoms with van der Waals surface area (Å²) in [6.45, 7) is 4.63. The van der Waals surface area contributed by atoms with Crippen LogP contribution in [0.25, 0.3) is 0 Å². The Labute approximate surface area is 89.3 Å². The number of benzene rings is 1. The fourth-order valence-electron chi connectivity index (χ4n) is 1.56. The molecule has 2 N–H and O–H groups in total. The quantitative estimate of drug-likeness (QED) is 0.817. The molecule has 0 spiro atoms. The standard InChI is InChI=1S/C12H17F2N/c1-8(2)10(7-15)5-9-3-4-11(13)6-12(9)14/h3-4,6,8,10H,5,7,15H2,1-2H3. The van der Waals surface area contributed by atoms with Gasteiger partial charge in [-0.05, 0) is 36.4 Å². The van der Waals surface area contributed by atoms with Gasteiger partial charge in [0, 0.05) is 6.07 Å². The Hall–Kier alpha value is -0.960. The Kier molecular flexibility index (Phi) is 4.21. The van der Waals surface area contributed by atoms with Gasteiger partial charge in [-0.15, -0.1) is 0 Å². The highest BCUT2D eigenvalue weighted by Crippen LogP contribution is 2.18. The highest BCUT2D eigenvalue weighted by molar-refractivity contribution is 5.19. The molecule has 3 heteroatoms. The van der Waals surface area contributed by atoms with Crippen molar-refractivity contribution in [2.75, 3.05) is 6.54 Å². The summed E-state index contributed by atoms with van der Waals surface area (Å²) < 4.78 is 26.0. The fraction of sp³-hybridized carbons (Fsp3) is 0.500. The lowest BCUT2D eigenvalue weighted by Crippen LogP contribution is -2.22. The monoisotopic (exact) mass is 213 g/mol. The van der Waals surface area contributed by atoms with E-state index < -0.39 is 11.6 Å². The summed E-state index contributed by atoms with van der Waals surface area (Å²) in [5.74, 6) is -0.372. The SMILES string of the molecule is CC(C)C(CN)Cc1ccc(F)cc1F. The molecule has 1 aromatic carbocycles. The normalized spacial score (nSPS) is 13.2. The lowest BCUT2D eigenvalue weighted by atomic mass is 9.89. The summed E-state index contributed by atoms with van der Waals surface area (Å²) in [5, 5.41) is 0. The van der Waals surface area contributed by atoms with Crippen molar-refractivity contribution in [3.63, 3.8) is 0 Å². The first-order chi connectivity index (χ1) is 7.04. The van der Waals surface area contributed by atoms with Crippen LogP contribution < -0.4 is 5.73 Å². The predicted octanol–water partition coefficient (Wildman–Crippen LogP) is 2.74. The second kappa shape index (κ2) is 5.21.